The first-order valence-electron chi connectivity index (χ1n) is 8.22. The number of aryl methyl sites for hydroxylation is 2. The van der Waals surface area contributed by atoms with Crippen LogP contribution in [0.3, 0.4) is 0 Å². The van der Waals surface area contributed by atoms with Crippen molar-refractivity contribution in [3.63, 3.8) is 0 Å². The SMILES string of the molecule is Cc1n[nH]c(C)c1/C=C/c1cc(Br)c(OC(=O)c2c(F)cc(F)cc2F)c(Br)c1. The van der Waals surface area contributed by atoms with E-state index in [0.29, 0.717) is 21.1 Å². The van der Waals surface area contributed by atoms with Crippen LogP contribution in [0.1, 0.15) is 32.9 Å². The van der Waals surface area contributed by atoms with Gasteiger partial charge in [0.05, 0.1) is 14.6 Å². The highest BCUT2D eigenvalue weighted by atomic mass is 79.9. The number of carbonyl (C=O) groups is 1. The number of aromatic nitrogens is 2. The monoisotopic (exact) mass is 528 g/mol. The average Bonchev–Trinajstić information content (AvgIpc) is 2.93. The lowest BCUT2D eigenvalue weighted by molar-refractivity contribution is 0.0722. The standard InChI is InChI=1S/C20H13Br2F3N2O2/c1-9-13(10(2)27-26-9)4-3-11-5-14(21)19(15(22)6-11)29-20(28)18-16(24)7-12(23)8-17(18)25/h3-8H,1-2H3,(H,26,27)/b4-3+. The third kappa shape index (κ3) is 4.62. The number of rotatable bonds is 4. The maximum absolute atomic E-state index is 13.8. The maximum Gasteiger partial charge on any atom is 0.349 e. The summed E-state index contributed by atoms with van der Waals surface area (Å²) in [6.07, 6.45) is 3.72. The van der Waals surface area contributed by atoms with Gasteiger partial charge in [-0.15, -0.1) is 0 Å². The number of hydrogen-bond acceptors (Lipinski definition) is 3. The Morgan fingerprint density at radius 2 is 1.62 bits per heavy atom. The van der Waals surface area contributed by atoms with Gasteiger partial charge in [-0.3, -0.25) is 5.10 Å². The number of carbonyl (C=O) groups excluding carboxylic acids is 1. The Kier molecular flexibility index (Phi) is 6.28. The van der Waals surface area contributed by atoms with Gasteiger partial charge in [-0.2, -0.15) is 5.10 Å². The minimum Gasteiger partial charge on any atom is -0.420 e. The van der Waals surface area contributed by atoms with Gasteiger partial charge in [-0.05, 0) is 63.4 Å². The van der Waals surface area contributed by atoms with Gasteiger partial charge < -0.3 is 4.74 Å². The van der Waals surface area contributed by atoms with Crippen LogP contribution in [0.2, 0.25) is 0 Å². The number of H-pyrrole nitrogens is 1. The zero-order chi connectivity index (χ0) is 21.3. The lowest BCUT2D eigenvalue weighted by Gasteiger charge is -2.11. The summed E-state index contributed by atoms with van der Waals surface area (Å²) in [6, 6.07) is 4.17. The van der Waals surface area contributed by atoms with Gasteiger partial charge in [-0.1, -0.05) is 12.2 Å². The molecule has 0 atom stereocenters. The smallest absolute Gasteiger partial charge is 0.349 e. The van der Waals surface area contributed by atoms with Crippen molar-refractivity contribution in [3.05, 3.63) is 78.7 Å². The third-order valence-electron chi connectivity index (χ3n) is 4.05. The Labute approximate surface area is 181 Å². The molecule has 0 fully saturated rings. The van der Waals surface area contributed by atoms with Gasteiger partial charge >= 0.3 is 5.97 Å². The summed E-state index contributed by atoms with van der Waals surface area (Å²) < 4.78 is 46.5. The molecule has 0 spiro atoms. The Morgan fingerprint density at radius 3 is 2.14 bits per heavy atom. The van der Waals surface area contributed by atoms with Crippen LogP contribution in [0.25, 0.3) is 12.2 Å². The summed E-state index contributed by atoms with van der Waals surface area (Å²) in [5, 5.41) is 7.01. The first-order chi connectivity index (χ1) is 13.7. The number of aromatic amines is 1. The molecule has 3 rings (SSSR count). The molecule has 29 heavy (non-hydrogen) atoms. The van der Waals surface area contributed by atoms with Gasteiger partial charge in [0.25, 0.3) is 0 Å². The minimum absolute atomic E-state index is 0.0333. The lowest BCUT2D eigenvalue weighted by atomic mass is 10.1. The molecule has 0 saturated carbocycles. The molecule has 150 valence electrons. The van der Waals surface area contributed by atoms with E-state index in [1.807, 2.05) is 26.0 Å². The van der Waals surface area contributed by atoms with Crippen LogP contribution in [0.15, 0.2) is 33.2 Å². The Morgan fingerprint density at radius 1 is 1.03 bits per heavy atom. The van der Waals surface area contributed by atoms with Crippen LogP contribution in [-0.4, -0.2) is 16.2 Å². The van der Waals surface area contributed by atoms with Crippen molar-refractivity contribution in [1.82, 2.24) is 10.2 Å². The molecule has 4 nitrogen and oxygen atoms in total. The first kappa shape index (κ1) is 21.3. The molecule has 0 aliphatic heterocycles. The van der Waals surface area contributed by atoms with E-state index in [2.05, 4.69) is 42.1 Å². The van der Waals surface area contributed by atoms with Crippen LogP contribution in [-0.2, 0) is 0 Å². The largest absolute Gasteiger partial charge is 0.420 e. The molecule has 0 radical (unpaired) electrons. The summed E-state index contributed by atoms with van der Waals surface area (Å²) in [5.41, 5.74) is 2.52. The highest BCUT2D eigenvalue weighted by Gasteiger charge is 2.23. The number of esters is 1. The zero-order valence-corrected chi connectivity index (χ0v) is 18.3. The summed E-state index contributed by atoms with van der Waals surface area (Å²) in [7, 11) is 0. The van der Waals surface area contributed by atoms with E-state index >= 15 is 0 Å². The molecule has 0 aliphatic rings. The van der Waals surface area contributed by atoms with E-state index in [-0.39, 0.29) is 5.75 Å². The predicted molar refractivity (Wildman–Crippen MR) is 110 cm³/mol. The van der Waals surface area contributed by atoms with Gasteiger partial charge in [0.15, 0.2) is 5.75 Å². The fourth-order valence-electron chi connectivity index (χ4n) is 2.64. The summed E-state index contributed by atoms with van der Waals surface area (Å²) >= 11 is 6.58. The molecule has 0 aliphatic carbocycles. The van der Waals surface area contributed by atoms with Gasteiger partial charge in [0, 0.05) is 23.4 Å². The van der Waals surface area contributed by atoms with E-state index in [0.717, 1.165) is 22.5 Å². The third-order valence-corrected chi connectivity index (χ3v) is 5.23. The highest BCUT2D eigenvalue weighted by Crippen LogP contribution is 2.36. The molecule has 0 bridgehead atoms. The second kappa shape index (κ2) is 8.54. The average molecular weight is 530 g/mol. The number of hydrogen-bond donors (Lipinski definition) is 1. The van der Waals surface area contributed by atoms with Crippen molar-refractivity contribution in [2.45, 2.75) is 13.8 Å². The van der Waals surface area contributed by atoms with E-state index in [1.54, 1.807) is 12.1 Å². The van der Waals surface area contributed by atoms with Crippen molar-refractivity contribution in [2.24, 2.45) is 0 Å². The van der Waals surface area contributed by atoms with Crippen molar-refractivity contribution in [2.75, 3.05) is 0 Å². The maximum atomic E-state index is 13.8. The predicted octanol–water partition coefficient (Wildman–Crippen LogP) is 6.36. The highest BCUT2D eigenvalue weighted by molar-refractivity contribution is 9.11. The molecule has 1 N–H and O–H groups in total. The molecular formula is C20H13Br2F3N2O2. The normalized spacial score (nSPS) is 11.3. The molecule has 9 heteroatoms. The fraction of sp³-hybridized carbons (Fsp3) is 0.100. The number of halogens is 5. The molecule has 0 amide bonds. The second-order valence-electron chi connectivity index (χ2n) is 6.13. The van der Waals surface area contributed by atoms with Gasteiger partial charge in [0.1, 0.15) is 23.0 Å². The van der Waals surface area contributed by atoms with Crippen LogP contribution >= 0.6 is 31.9 Å². The summed E-state index contributed by atoms with van der Waals surface area (Å²) in [5.74, 6) is -5.06. The number of nitrogens with one attached hydrogen (secondary N) is 1. The van der Waals surface area contributed by atoms with Crippen LogP contribution in [0.4, 0.5) is 13.2 Å². The van der Waals surface area contributed by atoms with Crippen LogP contribution in [0, 0.1) is 31.3 Å². The van der Waals surface area contributed by atoms with Crippen molar-refractivity contribution in [1.29, 1.82) is 0 Å². The van der Waals surface area contributed by atoms with Gasteiger partial charge in [-0.25, -0.2) is 18.0 Å². The van der Waals surface area contributed by atoms with Crippen LogP contribution in [0.5, 0.6) is 5.75 Å². The summed E-state index contributed by atoms with van der Waals surface area (Å²) in [4.78, 5) is 12.2. The Hall–Kier alpha value is -2.39. The first-order valence-corrected chi connectivity index (χ1v) is 9.81. The molecule has 3 aromatic rings. The van der Waals surface area contributed by atoms with Crippen molar-refractivity contribution in [3.8, 4) is 5.75 Å². The summed E-state index contributed by atoms with van der Waals surface area (Å²) in [6.45, 7) is 3.78. The van der Waals surface area contributed by atoms with Crippen molar-refractivity contribution >= 4 is 50.0 Å². The molecule has 1 aromatic heterocycles. The zero-order valence-electron chi connectivity index (χ0n) is 15.1. The molecule has 1 heterocycles. The quantitative estimate of drug-likeness (QED) is 0.316. The number of nitrogens with zero attached hydrogens (tertiary/aromatic N) is 1. The molecule has 0 saturated heterocycles. The van der Waals surface area contributed by atoms with E-state index in [1.165, 1.54) is 0 Å². The Balaban J connectivity index is 1.88. The molecule has 2 aromatic carbocycles. The van der Waals surface area contributed by atoms with Crippen molar-refractivity contribution < 1.29 is 22.7 Å². The van der Waals surface area contributed by atoms with Gasteiger partial charge in [0.2, 0.25) is 0 Å². The molecule has 0 unspecified atom stereocenters. The lowest BCUT2D eigenvalue weighted by Crippen LogP contribution is -2.14. The minimum atomic E-state index is -1.34. The number of ether oxygens (including phenoxy) is 1. The van der Waals surface area contributed by atoms with E-state index in [4.69, 9.17) is 4.74 Å². The second-order valence-corrected chi connectivity index (χ2v) is 7.84. The topological polar surface area (TPSA) is 55.0 Å². The van der Waals surface area contributed by atoms with E-state index < -0.39 is 29.0 Å². The van der Waals surface area contributed by atoms with E-state index in [9.17, 15) is 18.0 Å². The Bertz CT molecular complexity index is 1080. The van der Waals surface area contributed by atoms with Crippen LogP contribution < -0.4 is 4.74 Å². The molecular weight excluding hydrogens is 517 g/mol. The number of benzene rings is 2. The fourth-order valence-corrected chi connectivity index (χ4v) is 4.02.